The molecule has 1 aromatic heterocycles. The second kappa shape index (κ2) is 9.55. The summed E-state index contributed by atoms with van der Waals surface area (Å²) in [4.78, 5) is 11.4. The lowest BCUT2D eigenvalue weighted by Crippen LogP contribution is -2.29. The average Bonchev–Trinajstić information content (AvgIpc) is 2.49. The third kappa shape index (κ3) is 5.87. The zero-order valence-corrected chi connectivity index (χ0v) is 13.9. The molecule has 0 atom stereocenters. The van der Waals surface area contributed by atoms with Crippen LogP contribution in [-0.2, 0) is 0 Å². The summed E-state index contributed by atoms with van der Waals surface area (Å²) < 4.78 is 0. The predicted molar refractivity (Wildman–Crippen MR) is 89.1 cm³/mol. The molecule has 0 spiro atoms. The van der Waals surface area contributed by atoms with Crippen LogP contribution < -0.4 is 10.2 Å². The first-order chi connectivity index (χ1) is 10.1. The Morgan fingerprint density at radius 3 is 2.52 bits per heavy atom. The average molecular weight is 294 g/mol. The highest BCUT2D eigenvalue weighted by Gasteiger charge is 2.13. The van der Waals surface area contributed by atoms with Crippen LogP contribution in [0.1, 0.15) is 58.7 Å². The summed E-state index contributed by atoms with van der Waals surface area (Å²) in [5, 5.41) is 12.6. The number of unbranched alkanes of at least 4 members (excludes halogenated alkanes) is 1. The van der Waals surface area contributed by atoms with Gasteiger partial charge < -0.3 is 15.3 Å². The topological polar surface area (TPSA) is 61.3 Å². The van der Waals surface area contributed by atoms with Gasteiger partial charge >= 0.3 is 0 Å². The van der Waals surface area contributed by atoms with E-state index in [0.717, 1.165) is 49.8 Å². The molecule has 0 aliphatic carbocycles. The molecule has 0 radical (unpaired) electrons. The summed E-state index contributed by atoms with van der Waals surface area (Å²) in [5.74, 6) is 2.93. The maximum atomic E-state index is 9.29. The molecule has 0 saturated carbocycles. The number of nitrogens with zero attached hydrogens (tertiary/aromatic N) is 3. The van der Waals surface area contributed by atoms with Gasteiger partial charge in [-0.2, -0.15) is 0 Å². The molecule has 120 valence electrons. The molecule has 1 rings (SSSR count). The lowest BCUT2D eigenvalue weighted by Gasteiger charge is -2.24. The van der Waals surface area contributed by atoms with Gasteiger partial charge in [-0.15, -0.1) is 0 Å². The van der Waals surface area contributed by atoms with E-state index in [1.165, 1.54) is 0 Å². The van der Waals surface area contributed by atoms with Gasteiger partial charge in [-0.05, 0) is 12.8 Å². The molecule has 1 heterocycles. The molecule has 21 heavy (non-hydrogen) atoms. The highest BCUT2D eigenvalue weighted by atomic mass is 16.3. The van der Waals surface area contributed by atoms with Crippen molar-refractivity contribution in [3.05, 3.63) is 11.9 Å². The standard InChI is InChI=1S/C16H30N4O/c1-5-7-9-20(10-11-21)15-12-14(17-8-6-2)18-16(19-15)13(3)4/h12-13,21H,5-11H2,1-4H3,(H,17,18,19). The van der Waals surface area contributed by atoms with Crippen molar-refractivity contribution in [2.45, 2.75) is 52.9 Å². The van der Waals surface area contributed by atoms with Crippen LogP contribution in [0.25, 0.3) is 0 Å². The van der Waals surface area contributed by atoms with Crippen LogP contribution in [0.15, 0.2) is 6.07 Å². The summed E-state index contributed by atoms with van der Waals surface area (Å²) in [6.45, 7) is 11.1. The van der Waals surface area contributed by atoms with Gasteiger partial charge in [-0.25, -0.2) is 9.97 Å². The molecule has 0 amide bonds. The molecule has 5 heteroatoms. The minimum atomic E-state index is 0.141. The van der Waals surface area contributed by atoms with Crippen molar-refractivity contribution in [3.63, 3.8) is 0 Å². The van der Waals surface area contributed by atoms with Crippen molar-refractivity contribution in [3.8, 4) is 0 Å². The highest BCUT2D eigenvalue weighted by Crippen LogP contribution is 2.20. The van der Waals surface area contributed by atoms with Gasteiger partial charge in [0.1, 0.15) is 17.5 Å². The van der Waals surface area contributed by atoms with E-state index in [1.54, 1.807) is 0 Å². The Morgan fingerprint density at radius 1 is 1.19 bits per heavy atom. The van der Waals surface area contributed by atoms with E-state index in [1.807, 2.05) is 6.07 Å². The van der Waals surface area contributed by atoms with E-state index < -0.39 is 0 Å². The Bertz CT molecular complexity index is 409. The van der Waals surface area contributed by atoms with E-state index in [-0.39, 0.29) is 12.5 Å². The van der Waals surface area contributed by atoms with Gasteiger partial charge in [0.05, 0.1) is 6.61 Å². The van der Waals surface area contributed by atoms with Crippen LogP contribution in [-0.4, -0.2) is 41.3 Å². The maximum absolute atomic E-state index is 9.29. The van der Waals surface area contributed by atoms with E-state index >= 15 is 0 Å². The van der Waals surface area contributed by atoms with Crippen molar-refractivity contribution in [2.75, 3.05) is 36.5 Å². The Hall–Kier alpha value is -1.36. The SMILES string of the molecule is CCCCN(CCO)c1cc(NCCC)nc(C(C)C)n1. The van der Waals surface area contributed by atoms with Gasteiger partial charge in [0.2, 0.25) is 0 Å². The molecular formula is C16H30N4O. The van der Waals surface area contributed by atoms with Crippen LogP contribution in [0.3, 0.4) is 0 Å². The molecule has 0 aromatic carbocycles. The number of aliphatic hydroxyl groups excluding tert-OH is 1. The van der Waals surface area contributed by atoms with E-state index in [0.29, 0.717) is 6.54 Å². The van der Waals surface area contributed by atoms with Crippen LogP contribution in [0, 0.1) is 0 Å². The monoisotopic (exact) mass is 294 g/mol. The fraction of sp³-hybridized carbons (Fsp3) is 0.750. The molecular weight excluding hydrogens is 264 g/mol. The van der Waals surface area contributed by atoms with E-state index in [4.69, 9.17) is 0 Å². The van der Waals surface area contributed by atoms with E-state index in [9.17, 15) is 5.11 Å². The molecule has 1 aromatic rings. The van der Waals surface area contributed by atoms with Crippen LogP contribution >= 0.6 is 0 Å². The molecule has 0 bridgehead atoms. The van der Waals surface area contributed by atoms with Gasteiger partial charge in [-0.1, -0.05) is 34.1 Å². The Labute approximate surface area is 128 Å². The third-order valence-electron chi connectivity index (χ3n) is 3.28. The van der Waals surface area contributed by atoms with Crippen molar-refractivity contribution >= 4 is 11.6 Å². The second-order valence-corrected chi connectivity index (χ2v) is 5.62. The first kappa shape index (κ1) is 17.7. The first-order valence-electron chi connectivity index (χ1n) is 8.11. The lowest BCUT2D eigenvalue weighted by atomic mass is 10.2. The maximum Gasteiger partial charge on any atom is 0.135 e. The number of nitrogens with one attached hydrogen (secondary N) is 1. The Balaban J connectivity index is 3.02. The molecule has 0 fully saturated rings. The molecule has 2 N–H and O–H groups in total. The molecule has 0 aliphatic heterocycles. The minimum Gasteiger partial charge on any atom is -0.395 e. The highest BCUT2D eigenvalue weighted by molar-refractivity contribution is 5.49. The van der Waals surface area contributed by atoms with E-state index in [2.05, 4.69) is 47.9 Å². The van der Waals surface area contributed by atoms with Crippen LogP contribution in [0.4, 0.5) is 11.6 Å². The van der Waals surface area contributed by atoms with Gasteiger partial charge in [0.15, 0.2) is 0 Å². The minimum absolute atomic E-state index is 0.141. The zero-order valence-electron chi connectivity index (χ0n) is 13.9. The molecule has 0 unspecified atom stereocenters. The molecule has 0 aliphatic rings. The number of aliphatic hydroxyl groups is 1. The summed E-state index contributed by atoms with van der Waals surface area (Å²) >= 11 is 0. The summed E-state index contributed by atoms with van der Waals surface area (Å²) in [6, 6.07) is 1.99. The van der Waals surface area contributed by atoms with Crippen LogP contribution in [0.5, 0.6) is 0 Å². The second-order valence-electron chi connectivity index (χ2n) is 5.62. The number of anilines is 2. The normalized spacial score (nSPS) is 11.0. The first-order valence-corrected chi connectivity index (χ1v) is 8.11. The Morgan fingerprint density at radius 2 is 1.95 bits per heavy atom. The number of hydrogen-bond donors (Lipinski definition) is 2. The summed E-state index contributed by atoms with van der Waals surface area (Å²) in [7, 11) is 0. The number of aromatic nitrogens is 2. The number of hydrogen-bond acceptors (Lipinski definition) is 5. The zero-order chi connectivity index (χ0) is 15.7. The summed E-state index contributed by atoms with van der Waals surface area (Å²) in [5.41, 5.74) is 0. The van der Waals surface area contributed by atoms with Gasteiger partial charge in [0, 0.05) is 31.6 Å². The predicted octanol–water partition coefficient (Wildman–Crippen LogP) is 3.02. The fourth-order valence-corrected chi connectivity index (χ4v) is 2.03. The Kier molecular flexibility index (Phi) is 8.05. The fourth-order valence-electron chi connectivity index (χ4n) is 2.03. The van der Waals surface area contributed by atoms with Crippen molar-refractivity contribution in [1.29, 1.82) is 0 Å². The third-order valence-corrected chi connectivity index (χ3v) is 3.28. The van der Waals surface area contributed by atoms with Crippen molar-refractivity contribution < 1.29 is 5.11 Å². The quantitative estimate of drug-likeness (QED) is 0.694. The lowest BCUT2D eigenvalue weighted by molar-refractivity contribution is 0.301. The molecule has 5 nitrogen and oxygen atoms in total. The smallest absolute Gasteiger partial charge is 0.135 e. The summed E-state index contributed by atoms with van der Waals surface area (Å²) in [6.07, 6.45) is 3.29. The van der Waals surface area contributed by atoms with Gasteiger partial charge in [0.25, 0.3) is 0 Å². The molecule has 0 saturated heterocycles. The largest absolute Gasteiger partial charge is 0.395 e. The van der Waals surface area contributed by atoms with Crippen molar-refractivity contribution in [2.24, 2.45) is 0 Å². The van der Waals surface area contributed by atoms with Crippen molar-refractivity contribution in [1.82, 2.24) is 9.97 Å². The number of rotatable bonds is 10. The van der Waals surface area contributed by atoms with Gasteiger partial charge in [-0.3, -0.25) is 0 Å². The van der Waals surface area contributed by atoms with Crippen LogP contribution in [0.2, 0.25) is 0 Å².